The van der Waals surface area contributed by atoms with Gasteiger partial charge in [-0.3, -0.25) is 48.2 Å². The molecule has 23 heteroatoms. The van der Waals surface area contributed by atoms with Gasteiger partial charge in [-0.1, -0.05) is 12.1 Å². The number of anilines is 1. The molecular formula is C47H61N11O12. The Labute approximate surface area is 402 Å². The number of hydrogen-bond acceptors (Lipinski definition) is 16. The summed E-state index contributed by atoms with van der Waals surface area (Å²) < 4.78 is 4.68. The van der Waals surface area contributed by atoms with Gasteiger partial charge in [-0.2, -0.15) is 0 Å². The van der Waals surface area contributed by atoms with Gasteiger partial charge < -0.3 is 65.7 Å². The van der Waals surface area contributed by atoms with E-state index in [0.717, 1.165) is 14.7 Å². The van der Waals surface area contributed by atoms with E-state index in [2.05, 4.69) is 26.2 Å². The molecule has 1 atom stereocenters. The number of rotatable bonds is 22. The molecule has 3 amide bonds. The molecule has 376 valence electrons. The Hall–Kier alpha value is -8.02. The van der Waals surface area contributed by atoms with Crippen molar-refractivity contribution in [2.24, 2.45) is 34.1 Å². The number of nitrogens with two attached hydrogens (primary N) is 1. The molecule has 0 bridgehead atoms. The first-order chi connectivity index (χ1) is 33.3. The maximum absolute atomic E-state index is 13.1. The van der Waals surface area contributed by atoms with E-state index in [-0.39, 0.29) is 60.9 Å². The van der Waals surface area contributed by atoms with Crippen LogP contribution in [0.15, 0.2) is 92.5 Å². The van der Waals surface area contributed by atoms with E-state index in [1.807, 2.05) is 36.2 Å². The third-order valence-electron chi connectivity index (χ3n) is 11.2. The van der Waals surface area contributed by atoms with Gasteiger partial charge in [-0.15, -0.1) is 0 Å². The van der Waals surface area contributed by atoms with Crippen molar-refractivity contribution >= 4 is 29.7 Å². The largest absolute Gasteiger partial charge is 0.503 e. The molecule has 23 nitrogen and oxygen atoms in total. The number of pyridine rings is 4. The van der Waals surface area contributed by atoms with Crippen LogP contribution in [0.4, 0.5) is 5.69 Å². The molecule has 0 aliphatic rings. The molecule has 10 N–H and O–H groups in total. The first-order valence-electron chi connectivity index (χ1n) is 22.1. The average molecular weight is 972 g/mol. The molecule has 5 rings (SSSR count). The van der Waals surface area contributed by atoms with Crippen LogP contribution in [0.3, 0.4) is 0 Å². The highest BCUT2D eigenvalue weighted by atomic mass is 16.3. The lowest BCUT2D eigenvalue weighted by molar-refractivity contribution is 0.0935. The molecule has 5 aromatic rings. The number of benzene rings is 1. The lowest BCUT2D eigenvalue weighted by Crippen LogP contribution is -2.46. The normalized spacial score (nSPS) is 11.4. The number of aromatic nitrogens is 4. The summed E-state index contributed by atoms with van der Waals surface area (Å²) in [6.45, 7) is 3.64. The van der Waals surface area contributed by atoms with Crippen molar-refractivity contribution in [2.45, 2.75) is 6.42 Å². The molecule has 4 aromatic heterocycles. The van der Waals surface area contributed by atoms with Crippen LogP contribution in [0.5, 0.6) is 23.0 Å². The van der Waals surface area contributed by atoms with Crippen molar-refractivity contribution in [1.82, 2.24) is 49.3 Å². The average Bonchev–Trinajstić information content (AvgIpc) is 3.33. The van der Waals surface area contributed by atoms with Gasteiger partial charge in [0, 0.05) is 124 Å². The van der Waals surface area contributed by atoms with Gasteiger partial charge in [0.25, 0.3) is 40.0 Å². The summed E-state index contributed by atoms with van der Waals surface area (Å²) in [4.78, 5) is 101. The zero-order chi connectivity index (χ0) is 51.7. The second-order valence-electron chi connectivity index (χ2n) is 16.4. The zero-order valence-electron chi connectivity index (χ0n) is 39.7. The Kier molecular flexibility index (Phi) is 20.2. The number of amides is 3. The van der Waals surface area contributed by atoms with Gasteiger partial charge in [-0.25, -0.2) is 0 Å². The van der Waals surface area contributed by atoms with Crippen LogP contribution < -0.4 is 49.2 Å². The number of nitrogen functional groups attached to an aromatic ring is 1. The minimum Gasteiger partial charge on any atom is -0.503 e. The summed E-state index contributed by atoms with van der Waals surface area (Å²) in [5.41, 5.74) is 4.49. The molecule has 0 aliphatic heterocycles. The summed E-state index contributed by atoms with van der Waals surface area (Å²) in [5, 5.41) is 51.4. The molecule has 0 fully saturated rings. The van der Waals surface area contributed by atoms with Crippen LogP contribution in [0.2, 0.25) is 0 Å². The fourth-order valence-electron chi connectivity index (χ4n) is 7.15. The van der Waals surface area contributed by atoms with Crippen LogP contribution in [0, 0.1) is 5.92 Å². The SMILES string of the molecule is CNCCN(CCNC(=O)c1ccn(C)c(=O)c1O)CC(Cc1ccc(N)cc1)CN(CCNC(=O)c1ccn(C)c(=O)c1O)CCNC(=O)c1ccn(C)c(=O)c1O.Cn1ccc(C=O)c(O)c1=O. The van der Waals surface area contributed by atoms with Crippen molar-refractivity contribution in [3.05, 3.63) is 143 Å². The van der Waals surface area contributed by atoms with E-state index in [1.54, 1.807) is 0 Å². The number of nitrogens with zero attached hydrogens (tertiary/aromatic N) is 6. The fourth-order valence-corrected chi connectivity index (χ4v) is 7.15. The Morgan fingerprint density at radius 1 is 0.557 bits per heavy atom. The van der Waals surface area contributed by atoms with E-state index in [4.69, 9.17) is 10.8 Å². The van der Waals surface area contributed by atoms with Crippen LogP contribution in [-0.4, -0.2) is 145 Å². The second-order valence-corrected chi connectivity index (χ2v) is 16.4. The van der Waals surface area contributed by atoms with Crippen LogP contribution >= 0.6 is 0 Å². The number of carbonyl (C=O) groups is 4. The number of carbonyl (C=O) groups excluding carboxylic acids is 4. The predicted molar refractivity (Wildman–Crippen MR) is 261 cm³/mol. The van der Waals surface area contributed by atoms with Gasteiger partial charge in [-0.05, 0) is 61.3 Å². The Balaban J connectivity index is 0.000000850. The quantitative estimate of drug-likeness (QED) is 0.0286. The van der Waals surface area contributed by atoms with E-state index in [9.17, 15) is 53.7 Å². The first-order valence-corrected chi connectivity index (χ1v) is 22.1. The zero-order valence-corrected chi connectivity index (χ0v) is 39.7. The van der Waals surface area contributed by atoms with E-state index in [0.29, 0.717) is 51.1 Å². The molecule has 1 aromatic carbocycles. The highest BCUT2D eigenvalue weighted by Gasteiger charge is 2.22. The molecule has 4 heterocycles. The third-order valence-corrected chi connectivity index (χ3v) is 11.2. The van der Waals surface area contributed by atoms with Gasteiger partial charge in [0.1, 0.15) is 0 Å². The van der Waals surface area contributed by atoms with Crippen LogP contribution in [0.25, 0.3) is 0 Å². The summed E-state index contributed by atoms with van der Waals surface area (Å²) in [5.74, 6) is -4.41. The van der Waals surface area contributed by atoms with Gasteiger partial charge in [0.15, 0.2) is 29.3 Å². The predicted octanol–water partition coefficient (Wildman–Crippen LogP) is -1.34. The van der Waals surface area contributed by atoms with Gasteiger partial charge in [0.05, 0.1) is 22.3 Å². The summed E-state index contributed by atoms with van der Waals surface area (Å²) in [7, 11) is 7.71. The number of likely N-dealkylation sites (N-methyl/N-ethyl adjacent to an activating group) is 1. The van der Waals surface area contributed by atoms with Crippen molar-refractivity contribution in [1.29, 1.82) is 0 Å². The molecular weight excluding hydrogens is 911 g/mol. The van der Waals surface area contributed by atoms with Gasteiger partial charge >= 0.3 is 0 Å². The third kappa shape index (κ3) is 15.0. The highest BCUT2D eigenvalue weighted by Crippen LogP contribution is 2.17. The smallest absolute Gasteiger partial charge is 0.293 e. The number of nitrogens with one attached hydrogen (secondary N) is 4. The molecule has 70 heavy (non-hydrogen) atoms. The van der Waals surface area contributed by atoms with Crippen molar-refractivity contribution in [2.75, 3.05) is 78.2 Å². The number of aromatic hydroxyl groups is 4. The number of aryl methyl sites for hydroxylation is 4. The summed E-state index contributed by atoms with van der Waals surface area (Å²) in [6, 6.07) is 13.0. The van der Waals surface area contributed by atoms with Crippen molar-refractivity contribution in [3.8, 4) is 23.0 Å². The first kappa shape index (κ1) is 54.6. The molecule has 0 aliphatic carbocycles. The van der Waals surface area contributed by atoms with E-state index >= 15 is 0 Å². The maximum atomic E-state index is 13.1. The van der Waals surface area contributed by atoms with Crippen molar-refractivity contribution < 1.29 is 39.6 Å². The van der Waals surface area contributed by atoms with E-state index < -0.39 is 63.0 Å². The Bertz CT molecular complexity index is 2790. The number of aldehydes is 1. The van der Waals surface area contributed by atoms with Crippen molar-refractivity contribution in [3.63, 3.8) is 0 Å². The van der Waals surface area contributed by atoms with Gasteiger partial charge in [0.2, 0.25) is 0 Å². The highest BCUT2D eigenvalue weighted by molar-refractivity contribution is 5.97. The maximum Gasteiger partial charge on any atom is 0.293 e. The Morgan fingerprint density at radius 3 is 1.26 bits per heavy atom. The minimum atomic E-state index is -0.714. The van der Waals surface area contributed by atoms with E-state index in [1.165, 1.54) is 86.4 Å². The molecule has 0 spiro atoms. The molecule has 0 saturated heterocycles. The Morgan fingerprint density at radius 2 is 0.900 bits per heavy atom. The molecule has 1 unspecified atom stereocenters. The standard InChI is InChI=1S/C40H54N10O9.C7H7NO3/c1-42-12-19-49(20-13-43-35(54)29-9-16-46(2)38(57)32(29)51)24-27(23-26-5-7-28(41)8-6-26)25-50(21-14-44-36(55)30-10-17-47(3)39(58)33(30)52)22-15-45-37(56)31-11-18-48(4)40(59)34(31)53;1-8-3-2-5(4-9)6(10)7(8)11/h5-11,16-18,27,42,51-53H,12-15,19-25,41H2,1-4H3,(H,43,54)(H,44,55)(H,45,56);2-4,10H,1H3. The monoisotopic (exact) mass is 971 g/mol. The lowest BCUT2D eigenvalue weighted by atomic mass is 9.97. The summed E-state index contributed by atoms with van der Waals surface area (Å²) >= 11 is 0. The molecule has 0 radical (unpaired) electrons. The topological polar surface area (TPSA) is 318 Å². The molecule has 0 saturated carbocycles. The summed E-state index contributed by atoms with van der Waals surface area (Å²) in [6.07, 6.45) is 6.63. The minimum absolute atomic E-state index is 0.0214. The lowest BCUT2D eigenvalue weighted by Gasteiger charge is -2.32. The second kappa shape index (κ2) is 25.9. The van der Waals surface area contributed by atoms with Crippen LogP contribution in [0.1, 0.15) is 47.0 Å². The van der Waals surface area contributed by atoms with Crippen LogP contribution in [-0.2, 0) is 34.6 Å². The fraction of sp³-hybridized carbons (Fsp3) is 0.362. The number of hydrogen-bond donors (Lipinski definition) is 9.